The highest BCUT2D eigenvalue weighted by atomic mass is 16.5. The number of rotatable bonds is 1. The molecule has 3 rings (SSSR count). The van der Waals surface area contributed by atoms with E-state index in [0.29, 0.717) is 5.75 Å². The van der Waals surface area contributed by atoms with Crippen LogP contribution >= 0.6 is 0 Å². The van der Waals surface area contributed by atoms with Crippen molar-refractivity contribution < 1.29 is 14.9 Å². The van der Waals surface area contributed by atoms with Crippen LogP contribution in [0.1, 0.15) is 44.2 Å². The van der Waals surface area contributed by atoms with Crippen molar-refractivity contribution in [3.05, 3.63) is 23.3 Å². The first kappa shape index (κ1) is 13.7. The Morgan fingerprint density at radius 2 is 1.95 bits per heavy atom. The summed E-state index contributed by atoms with van der Waals surface area (Å²) in [6.45, 7) is 4.22. The van der Waals surface area contributed by atoms with E-state index >= 15 is 0 Å². The lowest BCUT2D eigenvalue weighted by Gasteiger charge is -2.53. The topological polar surface area (TPSA) is 49.7 Å². The molecule has 0 heterocycles. The fraction of sp³-hybridized carbons (Fsp3) is 0.647. The highest BCUT2D eigenvalue weighted by molar-refractivity contribution is 5.50. The number of phenols is 1. The fourth-order valence-corrected chi connectivity index (χ4v) is 4.51. The monoisotopic (exact) mass is 276 g/mol. The van der Waals surface area contributed by atoms with E-state index in [2.05, 4.69) is 6.92 Å². The molecule has 20 heavy (non-hydrogen) atoms. The number of benzene rings is 1. The molecule has 0 radical (unpaired) electrons. The largest absolute Gasteiger partial charge is 0.508 e. The Morgan fingerprint density at radius 3 is 2.65 bits per heavy atom. The SMILES string of the molecule is COc1ccc(O)c2c1C[C@H]1[C@](C)(CCC[C@]1(C)O)C2. The van der Waals surface area contributed by atoms with E-state index in [1.165, 1.54) is 0 Å². The first-order valence-corrected chi connectivity index (χ1v) is 7.47. The Labute approximate surface area is 120 Å². The van der Waals surface area contributed by atoms with Crippen LogP contribution in [-0.4, -0.2) is 22.9 Å². The summed E-state index contributed by atoms with van der Waals surface area (Å²) in [5.74, 6) is 1.43. The van der Waals surface area contributed by atoms with E-state index in [9.17, 15) is 10.2 Å². The number of hydrogen-bond donors (Lipinski definition) is 2. The van der Waals surface area contributed by atoms with Crippen molar-refractivity contribution in [2.45, 2.75) is 51.6 Å². The molecule has 0 aromatic heterocycles. The summed E-state index contributed by atoms with van der Waals surface area (Å²) < 4.78 is 5.46. The van der Waals surface area contributed by atoms with Crippen LogP contribution in [0.4, 0.5) is 0 Å². The van der Waals surface area contributed by atoms with Crippen LogP contribution in [0.2, 0.25) is 0 Å². The summed E-state index contributed by atoms with van der Waals surface area (Å²) in [5, 5.41) is 21.0. The summed E-state index contributed by atoms with van der Waals surface area (Å²) in [4.78, 5) is 0. The second-order valence-corrected chi connectivity index (χ2v) is 7.04. The van der Waals surface area contributed by atoms with E-state index < -0.39 is 5.60 Å². The van der Waals surface area contributed by atoms with Crippen LogP contribution in [0.25, 0.3) is 0 Å². The molecule has 3 nitrogen and oxygen atoms in total. The Kier molecular flexibility index (Phi) is 3.02. The molecule has 2 N–H and O–H groups in total. The van der Waals surface area contributed by atoms with Gasteiger partial charge in [0.25, 0.3) is 0 Å². The summed E-state index contributed by atoms with van der Waals surface area (Å²) in [6.07, 6.45) is 4.65. The first-order valence-electron chi connectivity index (χ1n) is 7.47. The molecule has 2 aliphatic rings. The fourth-order valence-electron chi connectivity index (χ4n) is 4.51. The van der Waals surface area contributed by atoms with Gasteiger partial charge < -0.3 is 14.9 Å². The first-order chi connectivity index (χ1) is 9.37. The van der Waals surface area contributed by atoms with Crippen LogP contribution in [0.5, 0.6) is 11.5 Å². The lowest BCUT2D eigenvalue weighted by molar-refractivity contribution is -0.0993. The molecule has 1 aromatic rings. The molecule has 3 heteroatoms. The smallest absolute Gasteiger partial charge is 0.122 e. The molecular weight excluding hydrogens is 252 g/mol. The standard InChI is InChI=1S/C17H24O3/c1-16-7-4-8-17(2,19)15(16)9-11-12(10-16)13(18)5-6-14(11)20-3/h5-6,15,18-19H,4,7-10H2,1-3H3/t15-,16+,17-/m0/s1. The van der Waals surface area contributed by atoms with Gasteiger partial charge in [0, 0.05) is 11.1 Å². The Morgan fingerprint density at radius 1 is 1.20 bits per heavy atom. The normalized spacial score (nSPS) is 36.1. The molecule has 1 fully saturated rings. The third-order valence-electron chi connectivity index (χ3n) is 5.60. The van der Waals surface area contributed by atoms with E-state index in [-0.39, 0.29) is 11.3 Å². The molecule has 1 saturated carbocycles. The Balaban J connectivity index is 2.11. The highest BCUT2D eigenvalue weighted by Gasteiger charge is 2.51. The summed E-state index contributed by atoms with van der Waals surface area (Å²) in [6, 6.07) is 3.55. The van der Waals surface area contributed by atoms with Crippen LogP contribution in [-0.2, 0) is 12.8 Å². The minimum Gasteiger partial charge on any atom is -0.508 e. The van der Waals surface area contributed by atoms with Gasteiger partial charge in [-0.25, -0.2) is 0 Å². The Bertz CT molecular complexity index is 535. The molecular formula is C17H24O3. The van der Waals surface area contributed by atoms with Crippen molar-refractivity contribution in [1.29, 1.82) is 0 Å². The van der Waals surface area contributed by atoms with Gasteiger partial charge in [0.2, 0.25) is 0 Å². The molecule has 0 amide bonds. The Hall–Kier alpha value is -1.22. The maximum Gasteiger partial charge on any atom is 0.122 e. The lowest BCUT2D eigenvalue weighted by atomic mass is 9.54. The molecule has 0 saturated heterocycles. The number of hydrogen-bond acceptors (Lipinski definition) is 3. The van der Waals surface area contributed by atoms with Crippen LogP contribution in [0.15, 0.2) is 12.1 Å². The predicted octanol–water partition coefficient (Wildman–Crippen LogP) is 3.06. The minimum atomic E-state index is -0.624. The van der Waals surface area contributed by atoms with Crippen molar-refractivity contribution in [2.24, 2.45) is 11.3 Å². The van der Waals surface area contributed by atoms with Gasteiger partial charge in [0.15, 0.2) is 0 Å². The second kappa shape index (κ2) is 4.39. The second-order valence-electron chi connectivity index (χ2n) is 7.04. The minimum absolute atomic E-state index is 0.0681. The zero-order valence-electron chi connectivity index (χ0n) is 12.6. The quantitative estimate of drug-likeness (QED) is 0.829. The summed E-state index contributed by atoms with van der Waals surface area (Å²) in [5.41, 5.74) is 1.54. The third kappa shape index (κ3) is 1.91. The molecule has 0 aliphatic heterocycles. The molecule has 0 unspecified atom stereocenters. The van der Waals surface area contributed by atoms with Gasteiger partial charge in [-0.05, 0) is 56.1 Å². The van der Waals surface area contributed by atoms with Gasteiger partial charge >= 0.3 is 0 Å². The van der Waals surface area contributed by atoms with Gasteiger partial charge in [-0.3, -0.25) is 0 Å². The molecule has 2 aliphatic carbocycles. The molecule has 0 spiro atoms. The van der Waals surface area contributed by atoms with Crippen LogP contribution < -0.4 is 4.74 Å². The average molecular weight is 276 g/mol. The maximum absolute atomic E-state index is 10.8. The number of phenolic OH excluding ortho intramolecular Hbond substituents is 1. The van der Waals surface area contributed by atoms with E-state index in [4.69, 9.17) is 4.74 Å². The van der Waals surface area contributed by atoms with E-state index in [1.54, 1.807) is 13.2 Å². The lowest BCUT2D eigenvalue weighted by Crippen LogP contribution is -2.52. The van der Waals surface area contributed by atoms with Gasteiger partial charge in [0.1, 0.15) is 11.5 Å². The van der Waals surface area contributed by atoms with Gasteiger partial charge in [-0.2, -0.15) is 0 Å². The van der Waals surface area contributed by atoms with Gasteiger partial charge in [-0.15, -0.1) is 0 Å². The predicted molar refractivity (Wildman–Crippen MR) is 78.1 cm³/mol. The number of aliphatic hydroxyl groups is 1. The van der Waals surface area contributed by atoms with Gasteiger partial charge in [-0.1, -0.05) is 13.3 Å². The average Bonchev–Trinajstić information content (AvgIpc) is 2.38. The third-order valence-corrected chi connectivity index (χ3v) is 5.60. The van der Waals surface area contributed by atoms with Crippen LogP contribution in [0, 0.1) is 11.3 Å². The van der Waals surface area contributed by atoms with Crippen molar-refractivity contribution >= 4 is 0 Å². The molecule has 0 bridgehead atoms. The highest BCUT2D eigenvalue weighted by Crippen LogP contribution is 2.55. The number of ether oxygens (including phenoxy) is 1. The van der Waals surface area contributed by atoms with Crippen LogP contribution in [0.3, 0.4) is 0 Å². The zero-order chi connectivity index (χ0) is 14.5. The maximum atomic E-state index is 10.8. The molecule has 1 aromatic carbocycles. The molecule has 3 atom stereocenters. The molecule has 110 valence electrons. The summed E-state index contributed by atoms with van der Waals surface area (Å²) in [7, 11) is 1.67. The van der Waals surface area contributed by atoms with Crippen molar-refractivity contribution in [3.8, 4) is 11.5 Å². The summed E-state index contributed by atoms with van der Waals surface area (Å²) >= 11 is 0. The van der Waals surface area contributed by atoms with E-state index in [0.717, 1.165) is 49.0 Å². The number of fused-ring (bicyclic) bond motifs is 2. The van der Waals surface area contributed by atoms with Gasteiger partial charge in [0.05, 0.1) is 12.7 Å². The van der Waals surface area contributed by atoms with E-state index in [1.807, 2.05) is 13.0 Å². The van der Waals surface area contributed by atoms with Crippen molar-refractivity contribution in [1.82, 2.24) is 0 Å². The zero-order valence-corrected chi connectivity index (χ0v) is 12.6. The van der Waals surface area contributed by atoms with Crippen molar-refractivity contribution in [2.75, 3.05) is 7.11 Å². The van der Waals surface area contributed by atoms with Crippen molar-refractivity contribution in [3.63, 3.8) is 0 Å². The number of methoxy groups -OCH3 is 1. The number of aromatic hydroxyl groups is 1.